The van der Waals surface area contributed by atoms with Crippen LogP contribution >= 0.6 is 0 Å². The van der Waals surface area contributed by atoms with E-state index >= 15 is 0 Å². The monoisotopic (exact) mass is 329 g/mol. The zero-order chi connectivity index (χ0) is 18.0. The summed E-state index contributed by atoms with van der Waals surface area (Å²) in [5, 5.41) is 28.1. The standard InChI is InChI=1S/C17H15NO6/c1-8-10(7-9-5-3-2-4-6-9)12(16(21)22)14(18)13(17(23)24)11(8)15(19)20/h2-7,12H,18H2,1H3,(H,19,20)(H,21,22)(H,23,24). The van der Waals surface area contributed by atoms with Crippen molar-refractivity contribution in [2.75, 3.05) is 0 Å². The van der Waals surface area contributed by atoms with E-state index in [4.69, 9.17) is 5.73 Å². The predicted molar refractivity (Wildman–Crippen MR) is 84.7 cm³/mol. The highest BCUT2D eigenvalue weighted by Gasteiger charge is 2.39. The maximum absolute atomic E-state index is 11.6. The molecule has 5 N–H and O–H groups in total. The Morgan fingerprint density at radius 1 is 1.00 bits per heavy atom. The van der Waals surface area contributed by atoms with E-state index in [1.54, 1.807) is 30.3 Å². The van der Waals surface area contributed by atoms with Gasteiger partial charge in [-0.25, -0.2) is 9.59 Å². The van der Waals surface area contributed by atoms with E-state index < -0.39 is 40.7 Å². The van der Waals surface area contributed by atoms with Crippen LogP contribution in [0.3, 0.4) is 0 Å². The zero-order valence-electron chi connectivity index (χ0n) is 12.7. The van der Waals surface area contributed by atoms with Crippen LogP contribution < -0.4 is 5.73 Å². The van der Waals surface area contributed by atoms with E-state index in [0.717, 1.165) is 0 Å². The van der Waals surface area contributed by atoms with Gasteiger partial charge in [-0.15, -0.1) is 0 Å². The molecule has 1 aliphatic rings. The van der Waals surface area contributed by atoms with Crippen LogP contribution in [0.2, 0.25) is 0 Å². The minimum atomic E-state index is -1.57. The third kappa shape index (κ3) is 2.91. The van der Waals surface area contributed by atoms with Gasteiger partial charge in [-0.2, -0.15) is 0 Å². The van der Waals surface area contributed by atoms with Crippen molar-refractivity contribution in [1.29, 1.82) is 0 Å². The Kier molecular flexibility index (Phi) is 4.54. The lowest BCUT2D eigenvalue weighted by Crippen LogP contribution is -2.33. The molecule has 0 aliphatic heterocycles. The Hall–Kier alpha value is -3.35. The van der Waals surface area contributed by atoms with Crippen molar-refractivity contribution < 1.29 is 29.7 Å². The van der Waals surface area contributed by atoms with Crippen LogP contribution in [0.1, 0.15) is 12.5 Å². The smallest absolute Gasteiger partial charge is 0.338 e. The highest BCUT2D eigenvalue weighted by atomic mass is 16.4. The van der Waals surface area contributed by atoms with Crippen molar-refractivity contribution in [3.8, 4) is 0 Å². The van der Waals surface area contributed by atoms with Gasteiger partial charge >= 0.3 is 17.9 Å². The zero-order valence-corrected chi connectivity index (χ0v) is 12.7. The summed E-state index contributed by atoms with van der Waals surface area (Å²) in [7, 11) is 0. The molecule has 1 aliphatic carbocycles. The Morgan fingerprint density at radius 3 is 2.00 bits per heavy atom. The average Bonchev–Trinajstić information content (AvgIpc) is 2.50. The first-order valence-electron chi connectivity index (χ1n) is 6.93. The number of nitrogens with two attached hydrogens (primary N) is 1. The van der Waals surface area contributed by atoms with Crippen LogP contribution in [-0.4, -0.2) is 33.2 Å². The molecule has 1 unspecified atom stereocenters. The van der Waals surface area contributed by atoms with Gasteiger partial charge in [0.05, 0.1) is 11.1 Å². The van der Waals surface area contributed by atoms with Crippen molar-refractivity contribution in [2.45, 2.75) is 6.92 Å². The Morgan fingerprint density at radius 2 is 1.54 bits per heavy atom. The van der Waals surface area contributed by atoms with Crippen LogP contribution in [0.25, 0.3) is 6.08 Å². The molecule has 1 atom stereocenters. The van der Waals surface area contributed by atoms with E-state index in [9.17, 15) is 29.7 Å². The molecule has 0 amide bonds. The molecule has 1 aromatic rings. The normalized spacial score (nSPS) is 19.5. The molecule has 0 spiro atoms. The third-order valence-electron chi connectivity index (χ3n) is 3.77. The lowest BCUT2D eigenvalue weighted by atomic mass is 9.78. The fourth-order valence-electron chi connectivity index (χ4n) is 2.69. The van der Waals surface area contributed by atoms with Gasteiger partial charge in [-0.3, -0.25) is 4.79 Å². The van der Waals surface area contributed by atoms with Gasteiger partial charge in [0.15, 0.2) is 0 Å². The number of hydrogen-bond acceptors (Lipinski definition) is 4. The second kappa shape index (κ2) is 6.41. The number of aliphatic carboxylic acids is 3. The summed E-state index contributed by atoms with van der Waals surface area (Å²) in [5.41, 5.74) is 4.91. The molecule has 7 nitrogen and oxygen atoms in total. The number of carboxylic acid groups (broad SMARTS) is 3. The Balaban J connectivity index is 2.79. The maximum Gasteiger partial charge on any atom is 0.338 e. The van der Waals surface area contributed by atoms with E-state index in [2.05, 4.69) is 0 Å². The van der Waals surface area contributed by atoms with Crippen molar-refractivity contribution >= 4 is 24.0 Å². The molecule has 0 aromatic heterocycles. The molecule has 0 heterocycles. The quantitative estimate of drug-likeness (QED) is 0.656. The van der Waals surface area contributed by atoms with Gasteiger partial charge in [-0.1, -0.05) is 36.4 Å². The van der Waals surface area contributed by atoms with Crippen molar-refractivity contribution in [3.05, 3.63) is 63.9 Å². The number of benzene rings is 1. The molecule has 24 heavy (non-hydrogen) atoms. The van der Waals surface area contributed by atoms with Gasteiger partial charge in [0, 0.05) is 5.70 Å². The number of hydrogen-bond donors (Lipinski definition) is 4. The molecule has 0 radical (unpaired) electrons. The van der Waals surface area contributed by atoms with Gasteiger partial charge in [-0.05, 0) is 23.6 Å². The van der Waals surface area contributed by atoms with E-state index in [1.807, 2.05) is 0 Å². The molecule has 7 heteroatoms. The fraction of sp³-hybridized carbons (Fsp3) is 0.118. The number of carboxylic acids is 3. The summed E-state index contributed by atoms with van der Waals surface area (Å²) in [6, 6.07) is 8.69. The van der Waals surface area contributed by atoms with Crippen molar-refractivity contribution in [2.24, 2.45) is 11.7 Å². The molecule has 0 saturated heterocycles. The summed E-state index contributed by atoms with van der Waals surface area (Å²) in [4.78, 5) is 34.6. The molecule has 0 fully saturated rings. The molecule has 1 aromatic carbocycles. The largest absolute Gasteiger partial charge is 0.480 e. The summed E-state index contributed by atoms with van der Waals surface area (Å²) in [6.45, 7) is 1.38. The molecular formula is C17H15NO6. The van der Waals surface area contributed by atoms with Crippen LogP contribution in [0.5, 0.6) is 0 Å². The van der Waals surface area contributed by atoms with Crippen LogP contribution in [0.15, 0.2) is 58.3 Å². The molecular weight excluding hydrogens is 314 g/mol. The second-order valence-corrected chi connectivity index (χ2v) is 5.22. The number of carbonyl (C=O) groups is 3. The molecule has 0 saturated carbocycles. The van der Waals surface area contributed by atoms with Crippen molar-refractivity contribution in [3.63, 3.8) is 0 Å². The van der Waals surface area contributed by atoms with E-state index in [-0.39, 0.29) is 11.1 Å². The highest BCUT2D eigenvalue weighted by molar-refractivity contribution is 6.09. The highest BCUT2D eigenvalue weighted by Crippen LogP contribution is 2.38. The summed E-state index contributed by atoms with van der Waals surface area (Å²) in [6.07, 6.45) is 1.50. The van der Waals surface area contributed by atoms with Crippen LogP contribution in [0, 0.1) is 5.92 Å². The predicted octanol–water partition coefficient (Wildman–Crippen LogP) is 1.48. The Labute approximate surface area is 137 Å². The maximum atomic E-state index is 11.6. The number of rotatable bonds is 4. The van der Waals surface area contributed by atoms with Gasteiger partial charge in [0.2, 0.25) is 0 Å². The lowest BCUT2D eigenvalue weighted by Gasteiger charge is -2.26. The van der Waals surface area contributed by atoms with Crippen molar-refractivity contribution in [1.82, 2.24) is 0 Å². The van der Waals surface area contributed by atoms with Crippen LogP contribution in [-0.2, 0) is 14.4 Å². The lowest BCUT2D eigenvalue weighted by molar-refractivity contribution is -0.139. The summed E-state index contributed by atoms with van der Waals surface area (Å²) < 4.78 is 0. The third-order valence-corrected chi connectivity index (χ3v) is 3.77. The molecule has 0 bridgehead atoms. The summed E-state index contributed by atoms with van der Waals surface area (Å²) >= 11 is 0. The SMILES string of the molecule is CC1=C(C(=O)O)C(C(=O)O)=C(N)C(C(=O)O)C1=Cc1ccccc1. The second-order valence-electron chi connectivity index (χ2n) is 5.22. The first-order chi connectivity index (χ1) is 11.3. The molecule has 124 valence electrons. The summed E-state index contributed by atoms with van der Waals surface area (Å²) in [5.74, 6) is -5.83. The fourth-order valence-corrected chi connectivity index (χ4v) is 2.69. The van der Waals surface area contributed by atoms with Gasteiger partial charge in [0.1, 0.15) is 5.92 Å². The van der Waals surface area contributed by atoms with Gasteiger partial charge in [0.25, 0.3) is 0 Å². The first kappa shape index (κ1) is 17.0. The van der Waals surface area contributed by atoms with Gasteiger partial charge < -0.3 is 21.1 Å². The minimum absolute atomic E-state index is 0.0605. The van der Waals surface area contributed by atoms with E-state index in [0.29, 0.717) is 5.56 Å². The minimum Gasteiger partial charge on any atom is -0.480 e. The first-order valence-corrected chi connectivity index (χ1v) is 6.93. The Bertz CT molecular complexity index is 817. The topological polar surface area (TPSA) is 138 Å². The number of allylic oxidation sites excluding steroid dienone is 1. The average molecular weight is 329 g/mol. The van der Waals surface area contributed by atoms with E-state index in [1.165, 1.54) is 13.0 Å². The molecule has 2 rings (SSSR count). The van der Waals surface area contributed by atoms with Crippen LogP contribution in [0.4, 0.5) is 0 Å².